The summed E-state index contributed by atoms with van der Waals surface area (Å²) in [5, 5.41) is 6.82. The van der Waals surface area contributed by atoms with Gasteiger partial charge in [0.1, 0.15) is 11.6 Å². The molecule has 152 valence electrons. The lowest BCUT2D eigenvalue weighted by Crippen LogP contribution is -2.47. The first-order chi connectivity index (χ1) is 14.0. The summed E-state index contributed by atoms with van der Waals surface area (Å²) in [6.07, 6.45) is 0. The van der Waals surface area contributed by atoms with Crippen LogP contribution in [0.5, 0.6) is 5.75 Å². The van der Waals surface area contributed by atoms with Gasteiger partial charge in [0, 0.05) is 48.8 Å². The van der Waals surface area contributed by atoms with Crippen LogP contribution in [0.4, 0.5) is 10.1 Å². The highest BCUT2D eigenvalue weighted by Crippen LogP contribution is 2.52. The molecule has 6 heteroatoms. The molecule has 1 amide bonds. The van der Waals surface area contributed by atoms with E-state index in [1.165, 1.54) is 6.07 Å². The van der Waals surface area contributed by atoms with Crippen LogP contribution in [0.3, 0.4) is 0 Å². The lowest BCUT2D eigenvalue weighted by Gasteiger charge is -2.48. The van der Waals surface area contributed by atoms with E-state index in [0.29, 0.717) is 23.5 Å². The van der Waals surface area contributed by atoms with Gasteiger partial charge in [0.2, 0.25) is 0 Å². The second-order valence-corrected chi connectivity index (χ2v) is 8.72. The fourth-order valence-electron chi connectivity index (χ4n) is 4.97. The van der Waals surface area contributed by atoms with Gasteiger partial charge in [-0.3, -0.25) is 4.79 Å². The zero-order chi connectivity index (χ0) is 20.2. The van der Waals surface area contributed by atoms with Crippen LogP contribution >= 0.6 is 0 Å². The summed E-state index contributed by atoms with van der Waals surface area (Å²) in [5.41, 5.74) is 3.09. The molecule has 0 saturated carbocycles. The summed E-state index contributed by atoms with van der Waals surface area (Å²) >= 11 is 0. The molecular formula is C23H26FN3O2. The average molecular weight is 395 g/mol. The zero-order valence-electron chi connectivity index (χ0n) is 16.8. The van der Waals surface area contributed by atoms with Crippen LogP contribution < -0.4 is 15.4 Å². The van der Waals surface area contributed by atoms with Gasteiger partial charge in [-0.1, -0.05) is 19.9 Å². The molecule has 3 aliphatic rings. The Morgan fingerprint density at radius 1 is 1.21 bits per heavy atom. The molecule has 5 nitrogen and oxygen atoms in total. The molecule has 3 heterocycles. The van der Waals surface area contributed by atoms with E-state index in [0.717, 1.165) is 37.4 Å². The van der Waals surface area contributed by atoms with Gasteiger partial charge >= 0.3 is 0 Å². The third kappa shape index (κ3) is 2.89. The minimum Gasteiger partial charge on any atom is -0.493 e. The molecule has 0 spiro atoms. The van der Waals surface area contributed by atoms with Crippen molar-refractivity contribution in [3.63, 3.8) is 0 Å². The van der Waals surface area contributed by atoms with Gasteiger partial charge in [-0.15, -0.1) is 0 Å². The molecule has 0 aromatic heterocycles. The number of hydrogen-bond acceptors (Lipinski definition) is 4. The van der Waals surface area contributed by atoms with Crippen LogP contribution in [0.2, 0.25) is 0 Å². The van der Waals surface area contributed by atoms with Crippen molar-refractivity contribution in [1.82, 2.24) is 10.2 Å². The second-order valence-electron chi connectivity index (χ2n) is 8.72. The molecule has 3 aliphatic heterocycles. The second kappa shape index (κ2) is 6.73. The number of nitrogens with one attached hydrogen (secondary N) is 2. The van der Waals surface area contributed by atoms with Crippen LogP contribution in [0, 0.1) is 11.7 Å². The summed E-state index contributed by atoms with van der Waals surface area (Å²) < 4.78 is 20.6. The quantitative estimate of drug-likeness (QED) is 0.778. The van der Waals surface area contributed by atoms with E-state index in [1.54, 1.807) is 6.07 Å². The van der Waals surface area contributed by atoms with Gasteiger partial charge in [-0.05, 0) is 35.9 Å². The average Bonchev–Trinajstić information content (AvgIpc) is 2.73. The van der Waals surface area contributed by atoms with Crippen molar-refractivity contribution in [2.45, 2.75) is 25.3 Å². The van der Waals surface area contributed by atoms with E-state index in [-0.39, 0.29) is 29.1 Å². The van der Waals surface area contributed by atoms with Gasteiger partial charge < -0.3 is 20.3 Å². The molecule has 0 aliphatic carbocycles. The van der Waals surface area contributed by atoms with Crippen molar-refractivity contribution in [2.75, 3.05) is 38.1 Å². The number of nitrogens with zero attached hydrogens (tertiary/aromatic N) is 1. The first kappa shape index (κ1) is 18.4. The van der Waals surface area contributed by atoms with Gasteiger partial charge in [0.15, 0.2) is 0 Å². The SMILES string of the molecule is CC1(C)c2cc(C(=O)N3CCNCC3)ccc2N[C@@H]2c3c(F)cccc3OC[C@@H]21. The van der Waals surface area contributed by atoms with Gasteiger partial charge in [-0.2, -0.15) is 0 Å². The van der Waals surface area contributed by atoms with Gasteiger partial charge in [0.05, 0.1) is 18.2 Å². The Hall–Kier alpha value is -2.60. The maximum Gasteiger partial charge on any atom is 0.253 e. The molecule has 1 fully saturated rings. The summed E-state index contributed by atoms with van der Waals surface area (Å²) in [7, 11) is 0. The van der Waals surface area contributed by atoms with E-state index >= 15 is 0 Å². The Morgan fingerprint density at radius 2 is 2.00 bits per heavy atom. The fraction of sp³-hybridized carbons (Fsp3) is 0.435. The van der Waals surface area contributed by atoms with Gasteiger partial charge in [-0.25, -0.2) is 4.39 Å². The van der Waals surface area contributed by atoms with Crippen LogP contribution in [0.15, 0.2) is 36.4 Å². The normalized spacial score (nSPS) is 24.4. The van der Waals surface area contributed by atoms with Gasteiger partial charge in [0.25, 0.3) is 5.91 Å². The maximum atomic E-state index is 14.7. The van der Waals surface area contributed by atoms with Crippen molar-refractivity contribution in [1.29, 1.82) is 0 Å². The highest BCUT2D eigenvalue weighted by atomic mass is 19.1. The highest BCUT2D eigenvalue weighted by Gasteiger charge is 2.47. The van der Waals surface area contributed by atoms with Crippen molar-refractivity contribution >= 4 is 11.6 Å². The number of carbonyl (C=O) groups excluding carboxylic acids is 1. The molecule has 0 unspecified atom stereocenters. The lowest BCUT2D eigenvalue weighted by molar-refractivity contribution is 0.0735. The molecule has 2 N–H and O–H groups in total. The van der Waals surface area contributed by atoms with E-state index in [2.05, 4.69) is 24.5 Å². The highest BCUT2D eigenvalue weighted by molar-refractivity contribution is 5.95. The van der Waals surface area contributed by atoms with Crippen LogP contribution in [-0.4, -0.2) is 43.6 Å². The van der Waals surface area contributed by atoms with E-state index in [1.807, 2.05) is 29.2 Å². The number of rotatable bonds is 1. The molecule has 2 aromatic rings. The molecule has 1 saturated heterocycles. The number of amides is 1. The first-order valence-corrected chi connectivity index (χ1v) is 10.3. The molecular weight excluding hydrogens is 369 g/mol. The number of fused-ring (bicyclic) bond motifs is 4. The predicted octanol–water partition coefficient (Wildman–Crippen LogP) is 3.32. The Morgan fingerprint density at radius 3 is 2.79 bits per heavy atom. The zero-order valence-corrected chi connectivity index (χ0v) is 16.8. The third-order valence-corrected chi connectivity index (χ3v) is 6.75. The molecule has 2 atom stereocenters. The number of carbonyl (C=O) groups is 1. The van der Waals surface area contributed by atoms with Crippen molar-refractivity contribution in [2.24, 2.45) is 5.92 Å². The Labute approximate surface area is 170 Å². The van der Waals surface area contributed by atoms with Crippen LogP contribution in [0.1, 0.15) is 41.4 Å². The minimum atomic E-state index is -0.273. The Kier molecular flexibility index (Phi) is 4.28. The first-order valence-electron chi connectivity index (χ1n) is 10.3. The topological polar surface area (TPSA) is 53.6 Å². The summed E-state index contributed by atoms with van der Waals surface area (Å²) in [6.45, 7) is 7.96. The summed E-state index contributed by atoms with van der Waals surface area (Å²) in [5.74, 6) is 0.505. The van der Waals surface area contributed by atoms with Crippen LogP contribution in [-0.2, 0) is 5.41 Å². The summed E-state index contributed by atoms with van der Waals surface area (Å²) in [6, 6.07) is 10.7. The molecule has 0 radical (unpaired) electrons. The molecule has 5 rings (SSSR count). The molecule has 29 heavy (non-hydrogen) atoms. The number of ether oxygens (including phenoxy) is 1. The smallest absolute Gasteiger partial charge is 0.253 e. The number of anilines is 1. The maximum absolute atomic E-state index is 14.7. The standard InChI is InChI=1S/C23H26FN3O2/c1-23(2)15-12-14(22(28)27-10-8-25-9-11-27)6-7-18(15)26-21-16(23)13-29-19-5-3-4-17(24)20(19)21/h3-7,12,16,21,25-26H,8-11,13H2,1-2H3/t16-,21-/m0/s1. The largest absolute Gasteiger partial charge is 0.493 e. The number of halogens is 1. The van der Waals surface area contributed by atoms with E-state index in [4.69, 9.17) is 4.74 Å². The fourth-order valence-corrected chi connectivity index (χ4v) is 4.97. The Balaban J connectivity index is 1.53. The van der Waals surface area contributed by atoms with Crippen molar-refractivity contribution < 1.29 is 13.9 Å². The lowest BCUT2D eigenvalue weighted by atomic mass is 9.65. The number of benzene rings is 2. The minimum absolute atomic E-state index is 0.0592. The summed E-state index contributed by atoms with van der Waals surface area (Å²) in [4.78, 5) is 14.9. The van der Waals surface area contributed by atoms with Crippen LogP contribution in [0.25, 0.3) is 0 Å². The molecule has 0 bridgehead atoms. The van der Waals surface area contributed by atoms with E-state index < -0.39 is 0 Å². The van der Waals surface area contributed by atoms with Crippen molar-refractivity contribution in [3.8, 4) is 5.75 Å². The molecule has 2 aromatic carbocycles. The number of piperazine rings is 1. The monoisotopic (exact) mass is 395 g/mol. The third-order valence-electron chi connectivity index (χ3n) is 6.75. The van der Waals surface area contributed by atoms with E-state index in [9.17, 15) is 9.18 Å². The predicted molar refractivity (Wildman–Crippen MR) is 110 cm³/mol. The van der Waals surface area contributed by atoms with Crippen molar-refractivity contribution in [3.05, 3.63) is 58.9 Å². The number of hydrogen-bond donors (Lipinski definition) is 2. The Bertz CT molecular complexity index is 969.